The molecule has 0 spiro atoms. The highest BCUT2D eigenvalue weighted by molar-refractivity contribution is 8.00. The normalized spacial score (nSPS) is 7.40. The average molecular weight is 87.2 g/mol. The first-order valence-corrected chi connectivity index (χ1v) is 2.54. The summed E-state index contributed by atoms with van der Waals surface area (Å²) in [7, 11) is 0. The molecule has 0 aromatic rings. The summed E-state index contributed by atoms with van der Waals surface area (Å²) in [6, 6.07) is 0. The van der Waals surface area contributed by atoms with Crippen LogP contribution in [0.1, 0.15) is 6.92 Å². The molecule has 0 heterocycles. The van der Waals surface area contributed by atoms with E-state index in [1.54, 1.807) is 11.8 Å². The number of thioether (sulfide) groups is 1. The van der Waals surface area contributed by atoms with Crippen LogP contribution in [0.3, 0.4) is 0 Å². The Morgan fingerprint density at radius 2 is 2.60 bits per heavy atom. The van der Waals surface area contributed by atoms with Gasteiger partial charge in [-0.25, -0.2) is 0 Å². The van der Waals surface area contributed by atoms with Crippen LogP contribution in [-0.2, 0) is 0 Å². The van der Waals surface area contributed by atoms with Crippen molar-refractivity contribution in [3.63, 3.8) is 0 Å². The van der Waals surface area contributed by atoms with Gasteiger partial charge in [-0.2, -0.15) is 0 Å². The zero-order valence-corrected chi connectivity index (χ0v) is 4.14. The lowest BCUT2D eigenvalue weighted by molar-refractivity contribution is 1.53. The molecule has 5 heavy (non-hydrogen) atoms. The van der Waals surface area contributed by atoms with E-state index < -0.39 is 0 Å². The predicted molar refractivity (Wildman–Crippen MR) is 27.0 cm³/mol. The molecule has 0 aromatic heterocycles. The van der Waals surface area contributed by atoms with Crippen LogP contribution in [0.4, 0.5) is 0 Å². The summed E-state index contributed by atoms with van der Waals surface area (Å²) in [6.07, 6.45) is 0. The summed E-state index contributed by atoms with van der Waals surface area (Å²) >= 11 is 1.60. The average Bonchev–Trinajstić information content (AvgIpc) is 1.41. The molecule has 29 valence electrons. The molecule has 0 rings (SSSR count). The molecule has 0 aliphatic heterocycles. The zero-order chi connectivity index (χ0) is 4.12. The van der Waals surface area contributed by atoms with Crippen LogP contribution >= 0.6 is 11.8 Å². The summed E-state index contributed by atoms with van der Waals surface area (Å²) < 4.78 is 0. The van der Waals surface area contributed by atoms with E-state index in [1.165, 1.54) is 0 Å². The van der Waals surface area contributed by atoms with Gasteiger partial charge >= 0.3 is 0 Å². The Morgan fingerprint density at radius 3 is 2.60 bits per heavy atom. The van der Waals surface area contributed by atoms with Crippen LogP contribution in [0, 0.1) is 5.41 Å². The van der Waals surface area contributed by atoms with Gasteiger partial charge in [0.15, 0.2) is 0 Å². The van der Waals surface area contributed by atoms with E-state index >= 15 is 0 Å². The van der Waals surface area contributed by atoms with Crippen LogP contribution < -0.4 is 0 Å². The fraction of sp³-hybridized carbons (Fsp3) is 0.500. The van der Waals surface area contributed by atoms with Crippen molar-refractivity contribution in [1.29, 1.82) is 0 Å². The summed E-state index contributed by atoms with van der Waals surface area (Å²) in [4.78, 5) is 0. The fourth-order valence-corrected chi connectivity index (χ4v) is 0.306. The maximum absolute atomic E-state index is 3.39. The van der Waals surface area contributed by atoms with Gasteiger partial charge in [0, 0.05) is 5.41 Å². The zero-order valence-electron chi connectivity index (χ0n) is 3.32. The topological polar surface area (TPSA) is 0 Å². The van der Waals surface area contributed by atoms with E-state index in [4.69, 9.17) is 0 Å². The molecule has 0 nitrogen and oxygen atoms in total. The highest BCUT2D eigenvalue weighted by Gasteiger charge is 1.62. The van der Waals surface area contributed by atoms with Gasteiger partial charge in [0.2, 0.25) is 0 Å². The first-order chi connectivity index (χ1) is 2.41. The van der Waals surface area contributed by atoms with Crippen LogP contribution in [0.5, 0.6) is 0 Å². The van der Waals surface area contributed by atoms with Crippen molar-refractivity contribution >= 4 is 11.8 Å². The Bertz CT molecular complexity index is 24.8. The van der Waals surface area contributed by atoms with Crippen LogP contribution in [0.15, 0.2) is 6.58 Å². The molecule has 0 fully saturated rings. The number of hydrogen-bond donors (Lipinski definition) is 0. The van der Waals surface area contributed by atoms with E-state index in [0.29, 0.717) is 0 Å². The largest absolute Gasteiger partial charge is 0.126 e. The lowest BCUT2D eigenvalue weighted by Gasteiger charge is -1.72. The molecular weight excluding hydrogens is 80.1 g/mol. The first-order valence-electron chi connectivity index (χ1n) is 1.55. The third kappa shape index (κ3) is 4.09. The summed E-state index contributed by atoms with van der Waals surface area (Å²) in [5.74, 6) is 1.09. The molecule has 0 aliphatic carbocycles. The molecule has 0 unspecified atom stereocenters. The Balaban J connectivity index is 2.40. The van der Waals surface area contributed by atoms with Gasteiger partial charge in [0.1, 0.15) is 0 Å². The van der Waals surface area contributed by atoms with Gasteiger partial charge in [0.05, 0.1) is 0 Å². The molecule has 0 aromatic carbocycles. The predicted octanol–water partition coefficient (Wildman–Crippen LogP) is 1.69. The molecule has 0 amide bonds. The van der Waals surface area contributed by atoms with Gasteiger partial charge in [-0.1, -0.05) is 13.5 Å². The third-order valence-electron chi connectivity index (χ3n) is 0.246. The van der Waals surface area contributed by atoms with E-state index in [0.717, 1.165) is 5.75 Å². The molecular formula is C4H7S. The van der Waals surface area contributed by atoms with Gasteiger partial charge < -0.3 is 0 Å². The Morgan fingerprint density at radius 1 is 2.00 bits per heavy atom. The minimum absolute atomic E-state index is 1.09. The van der Waals surface area contributed by atoms with Crippen molar-refractivity contribution in [2.45, 2.75) is 6.92 Å². The van der Waals surface area contributed by atoms with Crippen molar-refractivity contribution in [2.75, 3.05) is 5.75 Å². The maximum Gasteiger partial charge on any atom is 0.0130 e. The number of hydrogen-bond acceptors (Lipinski definition) is 1. The third-order valence-corrected chi connectivity index (χ3v) is 0.739. The van der Waals surface area contributed by atoms with Crippen molar-refractivity contribution < 1.29 is 0 Å². The highest BCUT2D eigenvalue weighted by Crippen LogP contribution is 1.93. The Hall–Kier alpha value is 0.0900. The van der Waals surface area contributed by atoms with Gasteiger partial charge in [-0.3, -0.25) is 0 Å². The highest BCUT2D eigenvalue weighted by atomic mass is 32.2. The summed E-state index contributed by atoms with van der Waals surface area (Å²) in [5, 5.41) is 2.68. The van der Waals surface area contributed by atoms with Gasteiger partial charge in [0.25, 0.3) is 0 Å². The molecule has 0 bridgehead atoms. The molecule has 0 saturated heterocycles. The molecule has 0 aliphatic rings. The second-order valence-electron chi connectivity index (χ2n) is 0.577. The second-order valence-corrected chi connectivity index (χ2v) is 1.73. The van der Waals surface area contributed by atoms with Crippen molar-refractivity contribution in [3.05, 3.63) is 12.0 Å². The summed E-state index contributed by atoms with van der Waals surface area (Å²) in [6.45, 7) is 5.46. The Labute approximate surface area is 37.3 Å². The minimum atomic E-state index is 1.09. The first kappa shape index (κ1) is 5.09. The van der Waals surface area contributed by atoms with E-state index in [9.17, 15) is 0 Å². The van der Waals surface area contributed by atoms with Crippen LogP contribution in [-0.4, -0.2) is 5.75 Å². The molecule has 0 saturated carbocycles. The second kappa shape index (κ2) is 4.09. The quantitative estimate of drug-likeness (QED) is 0.494. The monoisotopic (exact) mass is 87.0 g/mol. The van der Waals surface area contributed by atoms with Crippen molar-refractivity contribution in [2.24, 2.45) is 0 Å². The lowest BCUT2D eigenvalue weighted by atomic mass is 11.0. The van der Waals surface area contributed by atoms with Gasteiger partial charge in [-0.15, -0.1) is 11.8 Å². The summed E-state index contributed by atoms with van der Waals surface area (Å²) in [5.41, 5.74) is 0. The van der Waals surface area contributed by atoms with E-state index in [1.807, 2.05) is 0 Å². The molecule has 1 radical (unpaired) electrons. The number of rotatable bonds is 2. The fourth-order valence-electron chi connectivity index (χ4n) is 0.102. The van der Waals surface area contributed by atoms with Crippen LogP contribution in [0.2, 0.25) is 0 Å². The van der Waals surface area contributed by atoms with Gasteiger partial charge in [-0.05, 0) is 5.75 Å². The standard InChI is InChI=1S/C4H7S/c1-3-5-4-2/h1,4H2,2H3. The minimum Gasteiger partial charge on any atom is -0.126 e. The molecule has 0 N–H and O–H groups in total. The molecule has 1 heteroatoms. The Kier molecular flexibility index (Phi) is 4.16. The smallest absolute Gasteiger partial charge is 0.0130 e. The van der Waals surface area contributed by atoms with E-state index in [-0.39, 0.29) is 0 Å². The van der Waals surface area contributed by atoms with E-state index in [2.05, 4.69) is 18.9 Å². The molecule has 0 atom stereocenters. The maximum atomic E-state index is 3.39. The van der Waals surface area contributed by atoms with Crippen LogP contribution in [0.25, 0.3) is 0 Å². The van der Waals surface area contributed by atoms with Crippen molar-refractivity contribution in [3.8, 4) is 0 Å². The SMILES string of the molecule is C=[C]SCC. The lowest BCUT2D eigenvalue weighted by Crippen LogP contribution is -1.52. The van der Waals surface area contributed by atoms with Crippen molar-refractivity contribution in [1.82, 2.24) is 0 Å².